The van der Waals surface area contributed by atoms with E-state index in [1.165, 1.54) is 6.07 Å². The van der Waals surface area contributed by atoms with Gasteiger partial charge in [0, 0.05) is 6.04 Å². The molecule has 5 nitrogen and oxygen atoms in total. The average molecular weight is 260 g/mol. The summed E-state index contributed by atoms with van der Waals surface area (Å²) in [6.45, 7) is 5.91. The van der Waals surface area contributed by atoms with Crippen LogP contribution in [0.2, 0.25) is 0 Å². The minimum absolute atomic E-state index is 0.205. The van der Waals surface area contributed by atoms with Gasteiger partial charge in [0.25, 0.3) is 0 Å². The molecule has 1 heterocycles. The lowest BCUT2D eigenvalue weighted by atomic mass is 10.1. The van der Waals surface area contributed by atoms with Crippen LogP contribution >= 0.6 is 0 Å². The van der Waals surface area contributed by atoms with Crippen LogP contribution in [0.4, 0.5) is 0 Å². The third-order valence-corrected chi connectivity index (χ3v) is 2.77. The van der Waals surface area contributed by atoms with Crippen molar-refractivity contribution in [2.24, 2.45) is 0 Å². The highest BCUT2D eigenvalue weighted by molar-refractivity contribution is 5.88. The molecule has 1 aromatic carbocycles. The number of rotatable bonds is 4. The van der Waals surface area contributed by atoms with Crippen LogP contribution in [0.5, 0.6) is 11.5 Å². The number of carbonyl (C=O) groups is 1. The number of aryl methyl sites for hydroxylation is 1. The summed E-state index contributed by atoms with van der Waals surface area (Å²) in [7, 11) is 0. The van der Waals surface area contributed by atoms with Gasteiger partial charge in [-0.15, -0.1) is 0 Å². The fraction of sp³-hybridized carbons (Fsp3) is 0.286. The van der Waals surface area contributed by atoms with Gasteiger partial charge in [-0.2, -0.15) is 5.10 Å². The third kappa shape index (κ3) is 2.93. The lowest BCUT2D eigenvalue weighted by molar-refractivity contribution is 0.0696. The molecular weight excluding hydrogens is 244 g/mol. The Morgan fingerprint density at radius 3 is 2.74 bits per heavy atom. The smallest absolute Gasteiger partial charge is 0.335 e. The molecule has 0 spiro atoms. The number of hydrogen-bond acceptors (Lipinski definition) is 3. The van der Waals surface area contributed by atoms with E-state index in [-0.39, 0.29) is 11.6 Å². The number of hydrogen-bond donors (Lipinski definition) is 1. The molecule has 0 aliphatic heterocycles. The Hall–Kier alpha value is -2.30. The molecule has 0 saturated heterocycles. The Kier molecular flexibility index (Phi) is 3.55. The molecule has 0 aliphatic rings. The van der Waals surface area contributed by atoms with Crippen molar-refractivity contribution >= 4 is 5.97 Å². The van der Waals surface area contributed by atoms with Crippen LogP contribution in [0.3, 0.4) is 0 Å². The molecule has 0 fully saturated rings. The predicted molar refractivity (Wildman–Crippen MR) is 70.8 cm³/mol. The van der Waals surface area contributed by atoms with Crippen molar-refractivity contribution in [3.63, 3.8) is 0 Å². The Morgan fingerprint density at radius 2 is 2.16 bits per heavy atom. The van der Waals surface area contributed by atoms with E-state index in [0.717, 1.165) is 5.56 Å². The molecule has 1 aromatic heterocycles. The topological polar surface area (TPSA) is 64.3 Å². The first-order valence-corrected chi connectivity index (χ1v) is 6.03. The summed E-state index contributed by atoms with van der Waals surface area (Å²) in [5.41, 5.74) is 1.08. The van der Waals surface area contributed by atoms with Crippen LogP contribution in [0.25, 0.3) is 0 Å². The van der Waals surface area contributed by atoms with Gasteiger partial charge < -0.3 is 9.84 Å². The molecule has 0 bridgehead atoms. The van der Waals surface area contributed by atoms with E-state index in [1.807, 2.05) is 20.8 Å². The van der Waals surface area contributed by atoms with Crippen LogP contribution in [0, 0.1) is 6.92 Å². The van der Waals surface area contributed by atoms with Crippen LogP contribution in [-0.2, 0) is 0 Å². The maximum atomic E-state index is 10.9. The van der Waals surface area contributed by atoms with Crippen LogP contribution in [0.1, 0.15) is 35.8 Å². The van der Waals surface area contributed by atoms with E-state index in [4.69, 9.17) is 9.84 Å². The largest absolute Gasteiger partial charge is 0.478 e. The fourth-order valence-corrected chi connectivity index (χ4v) is 1.63. The maximum Gasteiger partial charge on any atom is 0.335 e. The van der Waals surface area contributed by atoms with Gasteiger partial charge in [0.05, 0.1) is 18.0 Å². The first-order chi connectivity index (χ1) is 8.97. The molecule has 0 radical (unpaired) electrons. The fourth-order valence-electron chi connectivity index (χ4n) is 1.63. The van der Waals surface area contributed by atoms with E-state index < -0.39 is 5.97 Å². The van der Waals surface area contributed by atoms with E-state index >= 15 is 0 Å². The standard InChI is InChI=1S/C14H16N2O3/c1-9(2)16-8-12(7-15-16)19-13-6-11(14(17)18)5-4-10(13)3/h4-9H,1-3H3,(H,17,18). The monoisotopic (exact) mass is 260 g/mol. The highest BCUT2D eigenvalue weighted by Gasteiger charge is 2.09. The number of benzene rings is 1. The molecule has 0 unspecified atom stereocenters. The highest BCUT2D eigenvalue weighted by Crippen LogP contribution is 2.26. The summed E-state index contributed by atoms with van der Waals surface area (Å²) in [5, 5.41) is 13.1. The summed E-state index contributed by atoms with van der Waals surface area (Å²) in [5.74, 6) is 0.158. The van der Waals surface area contributed by atoms with Gasteiger partial charge >= 0.3 is 5.97 Å². The first-order valence-electron chi connectivity index (χ1n) is 6.03. The van der Waals surface area contributed by atoms with Crippen LogP contribution in [-0.4, -0.2) is 20.9 Å². The first kappa shape index (κ1) is 13.1. The molecule has 5 heteroatoms. The number of carboxylic acids is 1. The van der Waals surface area contributed by atoms with E-state index in [0.29, 0.717) is 11.5 Å². The quantitative estimate of drug-likeness (QED) is 0.916. The second-order valence-electron chi connectivity index (χ2n) is 4.64. The summed E-state index contributed by atoms with van der Waals surface area (Å²) in [4.78, 5) is 10.9. The molecule has 19 heavy (non-hydrogen) atoms. The van der Waals surface area contributed by atoms with E-state index in [9.17, 15) is 4.79 Å². The second kappa shape index (κ2) is 5.14. The van der Waals surface area contributed by atoms with Crippen molar-refractivity contribution < 1.29 is 14.6 Å². The lowest BCUT2D eigenvalue weighted by Crippen LogP contribution is -2.00. The Bertz CT molecular complexity index is 602. The van der Waals surface area contributed by atoms with Gasteiger partial charge in [0.1, 0.15) is 5.75 Å². The van der Waals surface area contributed by atoms with Gasteiger partial charge in [-0.05, 0) is 38.5 Å². The highest BCUT2D eigenvalue weighted by atomic mass is 16.5. The van der Waals surface area contributed by atoms with Gasteiger partial charge in [-0.25, -0.2) is 4.79 Å². The maximum absolute atomic E-state index is 10.9. The minimum Gasteiger partial charge on any atom is -0.478 e. The summed E-state index contributed by atoms with van der Waals surface area (Å²) < 4.78 is 7.47. The second-order valence-corrected chi connectivity index (χ2v) is 4.64. The van der Waals surface area contributed by atoms with E-state index in [1.54, 1.807) is 29.2 Å². The Balaban J connectivity index is 2.26. The summed E-state index contributed by atoms with van der Waals surface area (Å²) >= 11 is 0. The Labute approximate surface area is 111 Å². The zero-order chi connectivity index (χ0) is 14.0. The summed E-state index contributed by atoms with van der Waals surface area (Å²) in [6.07, 6.45) is 3.41. The van der Waals surface area contributed by atoms with Crippen molar-refractivity contribution in [1.29, 1.82) is 0 Å². The molecule has 2 rings (SSSR count). The van der Waals surface area contributed by atoms with Gasteiger partial charge in [-0.3, -0.25) is 4.68 Å². The van der Waals surface area contributed by atoms with Gasteiger partial charge in [-0.1, -0.05) is 6.07 Å². The minimum atomic E-state index is -0.970. The number of carboxylic acid groups (broad SMARTS) is 1. The van der Waals surface area contributed by atoms with Crippen LogP contribution in [0.15, 0.2) is 30.6 Å². The zero-order valence-corrected chi connectivity index (χ0v) is 11.1. The van der Waals surface area contributed by atoms with Gasteiger partial charge in [0.15, 0.2) is 5.75 Å². The average Bonchev–Trinajstić information content (AvgIpc) is 2.80. The zero-order valence-electron chi connectivity index (χ0n) is 11.1. The van der Waals surface area contributed by atoms with Crippen LogP contribution < -0.4 is 4.74 Å². The summed E-state index contributed by atoms with van der Waals surface area (Å²) in [6, 6.07) is 5.06. The van der Waals surface area contributed by atoms with E-state index in [2.05, 4.69) is 5.10 Å². The van der Waals surface area contributed by atoms with Crippen molar-refractivity contribution in [3.8, 4) is 11.5 Å². The number of aromatic carboxylic acids is 1. The van der Waals surface area contributed by atoms with Crippen molar-refractivity contribution in [2.75, 3.05) is 0 Å². The number of aromatic nitrogens is 2. The van der Waals surface area contributed by atoms with Crippen molar-refractivity contribution in [2.45, 2.75) is 26.8 Å². The molecule has 0 aliphatic carbocycles. The molecule has 0 atom stereocenters. The molecule has 1 N–H and O–H groups in total. The van der Waals surface area contributed by atoms with Gasteiger partial charge in [0.2, 0.25) is 0 Å². The Morgan fingerprint density at radius 1 is 1.42 bits per heavy atom. The third-order valence-electron chi connectivity index (χ3n) is 2.77. The molecule has 0 saturated carbocycles. The SMILES string of the molecule is Cc1ccc(C(=O)O)cc1Oc1cnn(C(C)C)c1. The van der Waals surface area contributed by atoms with Crippen molar-refractivity contribution in [1.82, 2.24) is 9.78 Å². The molecule has 0 amide bonds. The molecule has 2 aromatic rings. The number of nitrogens with zero attached hydrogens (tertiary/aromatic N) is 2. The molecule has 100 valence electrons. The molecular formula is C14H16N2O3. The number of ether oxygens (including phenoxy) is 1. The normalized spacial score (nSPS) is 10.7. The van der Waals surface area contributed by atoms with Crippen molar-refractivity contribution in [3.05, 3.63) is 41.7 Å². The predicted octanol–water partition coefficient (Wildman–Crippen LogP) is 3.26. The lowest BCUT2D eigenvalue weighted by Gasteiger charge is -2.08.